The molecular weight excluding hydrogens is 384 g/mol. The largest absolute Gasteiger partial charge is 0.452 e. The van der Waals surface area contributed by atoms with Crippen molar-refractivity contribution >= 4 is 55.5 Å². The van der Waals surface area contributed by atoms with Gasteiger partial charge < -0.3 is 9.40 Å². The molecule has 3 heterocycles. The fourth-order valence-corrected chi connectivity index (χ4v) is 4.21. The van der Waals surface area contributed by atoms with E-state index in [0.717, 1.165) is 27.4 Å². The lowest BCUT2D eigenvalue weighted by Crippen LogP contribution is -2.08. The molecule has 4 nitrogen and oxygen atoms in total. The Hall–Kier alpha value is -3.63. The summed E-state index contributed by atoms with van der Waals surface area (Å²) in [5, 5.41) is 2.79. The normalized spacial score (nSPS) is 11.8. The molecule has 0 fully saturated rings. The van der Waals surface area contributed by atoms with Crippen LogP contribution in [-0.2, 0) is 0 Å². The van der Waals surface area contributed by atoms with Gasteiger partial charge in [0.15, 0.2) is 5.58 Å². The van der Waals surface area contributed by atoms with Crippen molar-refractivity contribution in [2.45, 2.75) is 0 Å². The van der Waals surface area contributed by atoms with E-state index < -0.39 is 0 Å². The van der Waals surface area contributed by atoms with Gasteiger partial charge in [-0.15, -0.1) is 0 Å². The number of halogens is 1. The molecule has 5 heteroatoms. The molecule has 0 saturated heterocycles. The van der Waals surface area contributed by atoms with Gasteiger partial charge in [0.1, 0.15) is 11.1 Å². The number of aromatic amines is 1. The molecule has 0 aliphatic rings. The molecule has 0 aliphatic heterocycles. The average Bonchev–Trinajstić information content (AvgIpc) is 3.11. The smallest absolute Gasteiger partial charge is 0.258 e. The predicted octanol–water partition coefficient (Wildman–Crippen LogP) is 6.30. The molecule has 0 spiro atoms. The molecule has 6 rings (SSSR count). The van der Waals surface area contributed by atoms with Gasteiger partial charge in [-0.2, -0.15) is 0 Å². The molecule has 29 heavy (non-hydrogen) atoms. The lowest BCUT2D eigenvalue weighted by Gasteiger charge is -2.10. The van der Waals surface area contributed by atoms with E-state index in [1.54, 1.807) is 18.2 Å². The highest BCUT2D eigenvalue weighted by Crippen LogP contribution is 2.37. The number of hydrogen-bond donors (Lipinski definition) is 1. The summed E-state index contributed by atoms with van der Waals surface area (Å²) in [6.45, 7) is 0. The Labute approximate surface area is 169 Å². The van der Waals surface area contributed by atoms with Crippen LogP contribution in [0.5, 0.6) is 0 Å². The molecular formula is C24H13ClN2O2. The molecule has 0 radical (unpaired) electrons. The monoisotopic (exact) mass is 396 g/mol. The number of furan rings is 1. The lowest BCUT2D eigenvalue weighted by molar-refractivity contribution is 0.671. The van der Waals surface area contributed by atoms with E-state index in [0.29, 0.717) is 32.6 Å². The summed E-state index contributed by atoms with van der Waals surface area (Å²) in [7, 11) is 0. The van der Waals surface area contributed by atoms with E-state index in [2.05, 4.69) is 4.98 Å². The summed E-state index contributed by atoms with van der Waals surface area (Å²) < 4.78 is 6.12. The van der Waals surface area contributed by atoms with Crippen LogP contribution in [0.15, 0.2) is 82.0 Å². The van der Waals surface area contributed by atoms with Gasteiger partial charge >= 0.3 is 0 Å². The second kappa shape index (κ2) is 5.93. The third-order valence-electron chi connectivity index (χ3n) is 5.29. The van der Waals surface area contributed by atoms with E-state index in [1.165, 1.54) is 0 Å². The third-order valence-corrected chi connectivity index (χ3v) is 5.52. The third kappa shape index (κ3) is 2.33. The van der Waals surface area contributed by atoms with E-state index in [1.807, 2.05) is 54.6 Å². The summed E-state index contributed by atoms with van der Waals surface area (Å²) in [6, 6.07) is 23.1. The van der Waals surface area contributed by atoms with Gasteiger partial charge in [-0.25, -0.2) is 4.98 Å². The topological polar surface area (TPSA) is 58.9 Å². The molecule has 0 saturated carbocycles. The van der Waals surface area contributed by atoms with Gasteiger partial charge in [-0.1, -0.05) is 60.1 Å². The Morgan fingerprint density at radius 1 is 0.897 bits per heavy atom. The second-order valence-electron chi connectivity index (χ2n) is 6.99. The minimum atomic E-state index is -0.202. The predicted molar refractivity (Wildman–Crippen MR) is 118 cm³/mol. The summed E-state index contributed by atoms with van der Waals surface area (Å²) in [6.07, 6.45) is 0. The molecule has 0 aliphatic carbocycles. The van der Waals surface area contributed by atoms with Gasteiger partial charge in [0, 0.05) is 21.4 Å². The van der Waals surface area contributed by atoms with E-state index in [-0.39, 0.29) is 5.56 Å². The van der Waals surface area contributed by atoms with E-state index in [4.69, 9.17) is 21.0 Å². The number of H-pyrrole nitrogens is 1. The van der Waals surface area contributed by atoms with Crippen molar-refractivity contribution in [3.63, 3.8) is 0 Å². The van der Waals surface area contributed by atoms with Gasteiger partial charge in [-0.05, 0) is 29.8 Å². The molecule has 6 aromatic rings. The van der Waals surface area contributed by atoms with E-state index >= 15 is 0 Å². The van der Waals surface area contributed by atoms with Crippen LogP contribution >= 0.6 is 11.6 Å². The first-order valence-electron chi connectivity index (χ1n) is 9.22. The fraction of sp³-hybridized carbons (Fsp3) is 0. The van der Waals surface area contributed by atoms with Crippen LogP contribution in [-0.4, -0.2) is 9.97 Å². The maximum absolute atomic E-state index is 13.3. The van der Waals surface area contributed by atoms with Gasteiger partial charge in [0.2, 0.25) is 0 Å². The first kappa shape index (κ1) is 16.3. The number of fused-ring (bicyclic) bond motifs is 6. The van der Waals surface area contributed by atoms with Gasteiger partial charge in [-0.3, -0.25) is 4.79 Å². The Kier molecular flexibility index (Phi) is 3.34. The lowest BCUT2D eigenvalue weighted by atomic mass is 9.96. The zero-order chi connectivity index (χ0) is 19.5. The molecule has 1 N–H and O–H groups in total. The first-order chi connectivity index (χ1) is 14.2. The van der Waals surface area contributed by atoms with Crippen molar-refractivity contribution in [3.05, 3.63) is 88.2 Å². The number of para-hydroxylation sites is 1. The standard InChI is InChI=1S/C24H13ClN2O2/c25-14-10-11-18-16(12-14)21-23(29-18)22-20(24(28)27-21)19(13-6-2-1-3-7-13)15-8-4-5-9-17(15)26-22/h1-12H,(H,27,28). The number of hydrogen-bond acceptors (Lipinski definition) is 3. The van der Waals surface area contributed by atoms with Crippen LogP contribution in [0.3, 0.4) is 0 Å². The molecule has 3 aromatic carbocycles. The zero-order valence-corrected chi connectivity index (χ0v) is 15.8. The highest BCUT2D eigenvalue weighted by molar-refractivity contribution is 6.32. The van der Waals surface area contributed by atoms with Crippen molar-refractivity contribution in [2.24, 2.45) is 0 Å². The summed E-state index contributed by atoms with van der Waals surface area (Å²) >= 11 is 6.17. The Morgan fingerprint density at radius 2 is 1.69 bits per heavy atom. The van der Waals surface area contributed by atoms with Crippen molar-refractivity contribution < 1.29 is 4.42 Å². The minimum Gasteiger partial charge on any atom is -0.452 e. The SMILES string of the molecule is O=c1[nH]c2c3cc(Cl)ccc3oc2c2nc3ccccc3c(-c3ccccc3)c12. The second-order valence-corrected chi connectivity index (χ2v) is 7.43. The number of aromatic nitrogens is 2. The van der Waals surface area contributed by atoms with Crippen LogP contribution in [0.25, 0.3) is 55.0 Å². The molecule has 0 bridgehead atoms. The van der Waals surface area contributed by atoms with Crippen LogP contribution in [0.2, 0.25) is 5.02 Å². The van der Waals surface area contributed by atoms with Gasteiger partial charge in [0.25, 0.3) is 5.56 Å². The van der Waals surface area contributed by atoms with Crippen molar-refractivity contribution in [1.82, 2.24) is 9.97 Å². The van der Waals surface area contributed by atoms with E-state index in [9.17, 15) is 4.79 Å². The van der Waals surface area contributed by atoms with Crippen molar-refractivity contribution in [3.8, 4) is 11.1 Å². The quantitative estimate of drug-likeness (QED) is 0.332. The maximum Gasteiger partial charge on any atom is 0.258 e. The average molecular weight is 397 g/mol. The van der Waals surface area contributed by atoms with Crippen LogP contribution in [0.4, 0.5) is 0 Å². The summed E-state index contributed by atoms with van der Waals surface area (Å²) in [5.74, 6) is 0. The number of rotatable bonds is 1. The highest BCUT2D eigenvalue weighted by Gasteiger charge is 2.20. The van der Waals surface area contributed by atoms with Crippen LogP contribution < -0.4 is 5.56 Å². The number of nitrogens with zero attached hydrogens (tertiary/aromatic N) is 1. The fourth-order valence-electron chi connectivity index (χ4n) is 4.04. The summed E-state index contributed by atoms with van der Waals surface area (Å²) in [4.78, 5) is 21.1. The molecule has 0 atom stereocenters. The van der Waals surface area contributed by atoms with Crippen LogP contribution in [0, 0.1) is 0 Å². The number of pyridine rings is 2. The molecule has 0 amide bonds. The Balaban J connectivity index is 1.91. The molecule has 0 unspecified atom stereocenters. The zero-order valence-electron chi connectivity index (χ0n) is 15.1. The number of nitrogens with one attached hydrogen (secondary N) is 1. The first-order valence-corrected chi connectivity index (χ1v) is 9.60. The highest BCUT2D eigenvalue weighted by atomic mass is 35.5. The summed E-state index contributed by atoms with van der Waals surface area (Å²) in [5.41, 5.74) is 4.79. The maximum atomic E-state index is 13.3. The molecule has 3 aromatic heterocycles. The molecule has 138 valence electrons. The van der Waals surface area contributed by atoms with Crippen molar-refractivity contribution in [1.29, 1.82) is 0 Å². The number of benzene rings is 3. The Morgan fingerprint density at radius 3 is 2.55 bits per heavy atom. The van der Waals surface area contributed by atoms with Crippen molar-refractivity contribution in [2.75, 3.05) is 0 Å². The Bertz CT molecular complexity index is 1630. The minimum absolute atomic E-state index is 0.202. The van der Waals surface area contributed by atoms with Crippen LogP contribution in [0.1, 0.15) is 0 Å². The van der Waals surface area contributed by atoms with Gasteiger partial charge in [0.05, 0.1) is 16.4 Å².